The van der Waals surface area contributed by atoms with Crippen LogP contribution in [0.15, 0.2) is 96.2 Å². The second-order valence-electron chi connectivity index (χ2n) is 8.49. The number of Topliss-reactive ketones (excluding diaryl/α,β-unsaturated/α-hetero) is 2. The predicted octanol–water partition coefficient (Wildman–Crippen LogP) is 5.51. The smallest absolute Gasteiger partial charge is 0.205 e. The van der Waals surface area contributed by atoms with Crippen LogP contribution in [0.5, 0.6) is 5.75 Å². The zero-order valence-electron chi connectivity index (χ0n) is 20.0. The molecule has 1 unspecified atom stereocenters. The van der Waals surface area contributed by atoms with E-state index in [0.717, 1.165) is 11.3 Å². The zero-order valence-corrected chi connectivity index (χ0v) is 20.7. The Labute approximate surface area is 211 Å². The lowest BCUT2D eigenvalue weighted by molar-refractivity contribution is 0.0743. The van der Waals surface area contributed by atoms with Crippen molar-refractivity contribution < 1.29 is 19.4 Å². The molecule has 0 fully saturated rings. The number of hydrogen-bond acceptors (Lipinski definition) is 5. The van der Waals surface area contributed by atoms with E-state index in [1.807, 2.05) is 55.3 Å². The fourth-order valence-corrected chi connectivity index (χ4v) is 3.97. The number of fused-ring (bicyclic) bond motifs is 1. The monoisotopic (exact) mass is 491 g/mol. The van der Waals surface area contributed by atoms with Crippen LogP contribution in [0.1, 0.15) is 40.1 Å². The number of para-hydroxylation sites is 1. The third-order valence-electron chi connectivity index (χ3n) is 5.60. The summed E-state index contributed by atoms with van der Waals surface area (Å²) in [5.74, 6) is 0.103. The van der Waals surface area contributed by atoms with Crippen LogP contribution in [-0.2, 0) is 6.42 Å². The van der Waals surface area contributed by atoms with Crippen molar-refractivity contribution in [2.24, 2.45) is 0 Å². The van der Waals surface area contributed by atoms with Gasteiger partial charge in [0.05, 0.1) is 5.03 Å². The third kappa shape index (κ3) is 6.59. The maximum absolute atomic E-state index is 12.8. The Bertz CT molecular complexity index is 1180. The first-order valence-electron chi connectivity index (χ1n) is 11.5. The van der Waals surface area contributed by atoms with Crippen molar-refractivity contribution in [2.75, 3.05) is 13.2 Å². The van der Waals surface area contributed by atoms with Gasteiger partial charge in [0.2, 0.25) is 5.78 Å². The van der Waals surface area contributed by atoms with Gasteiger partial charge < -0.3 is 14.7 Å². The molecule has 0 aromatic heterocycles. The molecule has 1 N–H and O–H groups in total. The molecule has 0 heterocycles. The van der Waals surface area contributed by atoms with Crippen molar-refractivity contribution >= 4 is 23.2 Å². The Kier molecular flexibility index (Phi) is 9.24. The van der Waals surface area contributed by atoms with Crippen LogP contribution in [0.4, 0.5) is 0 Å². The van der Waals surface area contributed by atoms with E-state index in [1.165, 1.54) is 0 Å². The molecule has 2 aromatic rings. The molecule has 0 saturated heterocycles. The topological polar surface area (TPSA) is 66.8 Å². The molecule has 0 bridgehead atoms. The minimum Gasteiger partial charge on any atom is -0.491 e. The van der Waals surface area contributed by atoms with Gasteiger partial charge in [-0.15, -0.1) is 6.58 Å². The molecule has 5 nitrogen and oxygen atoms in total. The van der Waals surface area contributed by atoms with E-state index in [1.54, 1.807) is 42.5 Å². The fraction of sp³-hybridized carbons (Fsp3) is 0.241. The van der Waals surface area contributed by atoms with E-state index in [9.17, 15) is 14.7 Å². The van der Waals surface area contributed by atoms with Crippen molar-refractivity contribution in [3.63, 3.8) is 0 Å². The van der Waals surface area contributed by atoms with Crippen LogP contribution in [0.2, 0.25) is 0 Å². The highest BCUT2D eigenvalue weighted by Crippen LogP contribution is 2.29. The molecular weight excluding hydrogens is 462 g/mol. The molecule has 0 spiro atoms. The van der Waals surface area contributed by atoms with E-state index in [-0.39, 0.29) is 34.8 Å². The predicted molar refractivity (Wildman–Crippen MR) is 140 cm³/mol. The minimum atomic E-state index is -0.714. The first-order valence-corrected chi connectivity index (χ1v) is 11.9. The number of halogens is 1. The summed E-state index contributed by atoms with van der Waals surface area (Å²) in [5.41, 5.74) is 1.87. The third-order valence-corrected chi connectivity index (χ3v) is 5.98. The van der Waals surface area contributed by atoms with Gasteiger partial charge in [0.15, 0.2) is 5.78 Å². The van der Waals surface area contributed by atoms with Gasteiger partial charge in [-0.25, -0.2) is 0 Å². The van der Waals surface area contributed by atoms with Gasteiger partial charge in [0.1, 0.15) is 18.5 Å². The van der Waals surface area contributed by atoms with Crippen LogP contribution >= 0.6 is 11.6 Å². The van der Waals surface area contributed by atoms with Gasteiger partial charge >= 0.3 is 0 Å². The molecule has 2 aromatic carbocycles. The molecule has 35 heavy (non-hydrogen) atoms. The number of hydrogen-bond donors (Lipinski definition) is 1. The number of benzene rings is 2. The second-order valence-corrected chi connectivity index (χ2v) is 8.87. The van der Waals surface area contributed by atoms with Crippen LogP contribution < -0.4 is 4.74 Å². The summed E-state index contributed by atoms with van der Waals surface area (Å²) >= 11 is 6.20. The minimum absolute atomic E-state index is 0.0802. The first kappa shape index (κ1) is 26.2. The number of ketones is 2. The van der Waals surface area contributed by atoms with E-state index < -0.39 is 6.10 Å². The highest BCUT2D eigenvalue weighted by molar-refractivity contribution is 6.50. The molecule has 0 aliphatic heterocycles. The zero-order chi connectivity index (χ0) is 25.4. The summed E-state index contributed by atoms with van der Waals surface area (Å²) in [6, 6.07) is 14.5. The maximum Gasteiger partial charge on any atom is 0.205 e. The molecule has 182 valence electrons. The van der Waals surface area contributed by atoms with Crippen LogP contribution in [-0.4, -0.2) is 46.9 Å². The molecule has 0 radical (unpaired) electrons. The molecule has 1 atom stereocenters. The molecule has 6 heteroatoms. The van der Waals surface area contributed by atoms with E-state index in [4.69, 9.17) is 16.3 Å². The molecule has 1 aliphatic rings. The number of aliphatic hydroxyl groups is 1. The average molecular weight is 492 g/mol. The van der Waals surface area contributed by atoms with Crippen LogP contribution in [0.25, 0.3) is 0 Å². The van der Waals surface area contributed by atoms with Crippen molar-refractivity contribution in [1.82, 2.24) is 4.90 Å². The number of carbonyl (C=O) groups is 2. The van der Waals surface area contributed by atoms with E-state index in [0.29, 0.717) is 24.1 Å². The van der Waals surface area contributed by atoms with Gasteiger partial charge in [-0.05, 0) is 50.3 Å². The molecular formula is C29H30ClNO4. The summed E-state index contributed by atoms with van der Waals surface area (Å²) in [6.45, 7) is 8.31. The van der Waals surface area contributed by atoms with E-state index in [2.05, 4.69) is 6.58 Å². The quantitative estimate of drug-likeness (QED) is 0.332. The van der Waals surface area contributed by atoms with Crippen molar-refractivity contribution in [3.8, 4) is 5.75 Å². The Hall–Kier alpha value is -3.41. The summed E-state index contributed by atoms with van der Waals surface area (Å²) in [6.07, 6.45) is 8.59. The first-order chi connectivity index (χ1) is 16.8. The summed E-state index contributed by atoms with van der Waals surface area (Å²) in [7, 11) is 0. The number of ether oxygens (including phenoxy) is 1. The van der Waals surface area contributed by atoms with Crippen molar-refractivity contribution in [3.05, 3.63) is 113 Å². The number of nitrogens with zero attached hydrogens (tertiary/aromatic N) is 1. The molecule has 0 saturated carbocycles. The standard InChI is InChI=1S/C29H30ClNO4/c1-4-11-21-12-5-8-16-26(21)35-19-22(32)18-31(20(2)3)17-10-9-15-25-27(30)29(34)24-14-7-6-13-23(24)28(25)33/h4-10,12-17,20,22,32H,1,11,18-19H2,2-3H3/b15-9+,17-10+. The summed E-state index contributed by atoms with van der Waals surface area (Å²) < 4.78 is 5.85. The van der Waals surface area contributed by atoms with Gasteiger partial charge in [-0.2, -0.15) is 0 Å². The maximum atomic E-state index is 12.8. The highest BCUT2D eigenvalue weighted by Gasteiger charge is 2.29. The SMILES string of the molecule is C=CCc1ccccc1OCC(O)CN(/C=C/C=C/C1=C(Cl)C(=O)c2ccccc2C1=O)C(C)C. The largest absolute Gasteiger partial charge is 0.491 e. The fourth-order valence-electron chi connectivity index (χ4n) is 3.72. The Morgan fingerprint density at radius 1 is 1.03 bits per heavy atom. The van der Waals surface area contributed by atoms with Crippen molar-refractivity contribution in [1.29, 1.82) is 0 Å². The Morgan fingerprint density at radius 3 is 2.37 bits per heavy atom. The summed E-state index contributed by atoms with van der Waals surface area (Å²) in [5, 5.41) is 10.5. The highest BCUT2D eigenvalue weighted by atomic mass is 35.5. The van der Waals surface area contributed by atoms with Crippen LogP contribution in [0, 0.1) is 0 Å². The molecule has 1 aliphatic carbocycles. The normalized spacial score (nSPS) is 14.7. The van der Waals surface area contributed by atoms with Gasteiger partial charge in [-0.3, -0.25) is 9.59 Å². The Balaban J connectivity index is 1.62. The average Bonchev–Trinajstić information content (AvgIpc) is 2.85. The molecule has 3 rings (SSSR count). The second kappa shape index (κ2) is 12.3. The number of aliphatic hydroxyl groups excluding tert-OH is 1. The number of allylic oxidation sites excluding steroid dienone is 6. The lowest BCUT2D eigenvalue weighted by Gasteiger charge is -2.27. The molecule has 0 amide bonds. The number of rotatable bonds is 11. The Morgan fingerprint density at radius 2 is 1.69 bits per heavy atom. The van der Waals surface area contributed by atoms with Crippen molar-refractivity contribution in [2.45, 2.75) is 32.4 Å². The van der Waals surface area contributed by atoms with Gasteiger partial charge in [-0.1, -0.05) is 66.2 Å². The van der Waals surface area contributed by atoms with Gasteiger partial charge in [0.25, 0.3) is 0 Å². The number of carbonyl (C=O) groups excluding carboxylic acids is 2. The lowest BCUT2D eigenvalue weighted by atomic mass is 9.89. The van der Waals surface area contributed by atoms with Gasteiger partial charge in [0, 0.05) is 29.3 Å². The summed E-state index contributed by atoms with van der Waals surface area (Å²) in [4.78, 5) is 27.2. The van der Waals surface area contributed by atoms with E-state index >= 15 is 0 Å². The van der Waals surface area contributed by atoms with Crippen LogP contribution in [0.3, 0.4) is 0 Å². The lowest BCUT2D eigenvalue weighted by Crippen LogP contribution is -2.36.